The van der Waals surface area contributed by atoms with E-state index in [2.05, 4.69) is 50.0 Å². The van der Waals surface area contributed by atoms with Crippen molar-refractivity contribution in [3.8, 4) is 0 Å². The first-order valence-electron chi connectivity index (χ1n) is 5.93. The molecule has 0 N–H and O–H groups in total. The van der Waals surface area contributed by atoms with Gasteiger partial charge in [-0.05, 0) is 23.1 Å². The lowest BCUT2D eigenvalue weighted by atomic mass is 9.84. The Morgan fingerprint density at radius 3 is 2.25 bits per heavy atom. The lowest BCUT2D eigenvalue weighted by Crippen LogP contribution is -2.11. The summed E-state index contributed by atoms with van der Waals surface area (Å²) < 4.78 is 0. The molecule has 1 aromatic heterocycles. The van der Waals surface area contributed by atoms with Gasteiger partial charge in [-0.3, -0.25) is 4.98 Å². The van der Waals surface area contributed by atoms with Gasteiger partial charge in [0.2, 0.25) is 0 Å². The zero-order valence-electron chi connectivity index (χ0n) is 10.9. The second kappa shape index (κ2) is 5.11. The number of pyridine rings is 1. The van der Waals surface area contributed by atoms with Crippen LogP contribution in [0.2, 0.25) is 0 Å². The molecule has 0 saturated carbocycles. The van der Waals surface area contributed by atoms with Crippen molar-refractivity contribution in [2.24, 2.45) is 0 Å². The Kier molecular flexibility index (Phi) is 4.05. The molecule has 0 amide bonds. The first-order valence-corrected chi connectivity index (χ1v) is 5.93. The maximum absolute atomic E-state index is 4.36. The van der Waals surface area contributed by atoms with Crippen LogP contribution in [0.5, 0.6) is 0 Å². The molecule has 0 aliphatic carbocycles. The summed E-state index contributed by atoms with van der Waals surface area (Å²) >= 11 is 0. The molecule has 1 nitrogen and oxygen atoms in total. The second-order valence-electron chi connectivity index (χ2n) is 4.63. The number of hydrogen-bond acceptors (Lipinski definition) is 1. The highest BCUT2D eigenvalue weighted by atomic mass is 14.6. The fraction of sp³-hybridized carbons (Fsp3) is 0.400. The van der Waals surface area contributed by atoms with Crippen LogP contribution in [0.15, 0.2) is 36.5 Å². The third-order valence-corrected chi connectivity index (χ3v) is 2.45. The van der Waals surface area contributed by atoms with E-state index in [-0.39, 0.29) is 5.41 Å². The molecule has 0 saturated heterocycles. The van der Waals surface area contributed by atoms with E-state index in [1.54, 1.807) is 0 Å². The molecule has 86 valence electrons. The van der Waals surface area contributed by atoms with Gasteiger partial charge in [0.15, 0.2) is 0 Å². The predicted octanol–water partition coefficient (Wildman–Crippen LogP) is 4.56. The minimum absolute atomic E-state index is 0.183. The highest BCUT2D eigenvalue weighted by Crippen LogP contribution is 2.28. The highest BCUT2D eigenvalue weighted by Gasteiger charge is 2.16. The largest absolute Gasteiger partial charge is 0.256 e. The molecular formula is C15H21N. The van der Waals surface area contributed by atoms with Gasteiger partial charge in [0.05, 0.1) is 5.52 Å². The lowest BCUT2D eigenvalue weighted by molar-refractivity contribution is 0.596. The van der Waals surface area contributed by atoms with Gasteiger partial charge < -0.3 is 0 Å². The molecule has 0 bridgehead atoms. The summed E-state index contributed by atoms with van der Waals surface area (Å²) in [5.41, 5.74) is 2.63. The lowest BCUT2D eigenvalue weighted by Gasteiger charge is -2.20. The SMILES string of the molecule is CC.CC(C)(C)c1cccc2ncccc12. The molecule has 2 aromatic rings. The number of aromatic nitrogens is 1. The minimum atomic E-state index is 0.183. The summed E-state index contributed by atoms with van der Waals surface area (Å²) in [5.74, 6) is 0. The highest BCUT2D eigenvalue weighted by molar-refractivity contribution is 5.82. The smallest absolute Gasteiger partial charge is 0.0704 e. The van der Waals surface area contributed by atoms with Crippen LogP contribution in [0.1, 0.15) is 40.2 Å². The van der Waals surface area contributed by atoms with E-state index in [0.29, 0.717) is 0 Å². The molecule has 0 atom stereocenters. The van der Waals surface area contributed by atoms with Crippen molar-refractivity contribution in [2.45, 2.75) is 40.0 Å². The van der Waals surface area contributed by atoms with Gasteiger partial charge in [0.1, 0.15) is 0 Å². The molecule has 0 unspecified atom stereocenters. The summed E-state index contributed by atoms with van der Waals surface area (Å²) in [5, 5.41) is 1.27. The van der Waals surface area contributed by atoms with Crippen molar-refractivity contribution in [1.82, 2.24) is 4.98 Å². The average molecular weight is 215 g/mol. The zero-order valence-corrected chi connectivity index (χ0v) is 10.9. The van der Waals surface area contributed by atoms with E-state index >= 15 is 0 Å². The number of fused-ring (bicyclic) bond motifs is 1. The van der Waals surface area contributed by atoms with Crippen LogP contribution >= 0.6 is 0 Å². The Bertz CT molecular complexity index is 447. The van der Waals surface area contributed by atoms with Crippen molar-refractivity contribution in [1.29, 1.82) is 0 Å². The Balaban J connectivity index is 0.000000606. The van der Waals surface area contributed by atoms with Crippen LogP contribution in [0.25, 0.3) is 10.9 Å². The van der Waals surface area contributed by atoms with Crippen molar-refractivity contribution in [3.63, 3.8) is 0 Å². The van der Waals surface area contributed by atoms with Gasteiger partial charge in [-0.1, -0.05) is 52.8 Å². The molecule has 2 rings (SSSR count). The van der Waals surface area contributed by atoms with E-state index in [1.165, 1.54) is 10.9 Å². The molecule has 0 aliphatic heterocycles. The zero-order chi connectivity index (χ0) is 12.2. The van der Waals surface area contributed by atoms with Crippen LogP contribution in [0.3, 0.4) is 0 Å². The van der Waals surface area contributed by atoms with Crippen molar-refractivity contribution < 1.29 is 0 Å². The van der Waals surface area contributed by atoms with Crippen LogP contribution in [0, 0.1) is 0 Å². The molecule has 0 spiro atoms. The van der Waals surface area contributed by atoms with Crippen molar-refractivity contribution >= 4 is 10.9 Å². The summed E-state index contributed by atoms with van der Waals surface area (Å²) in [6, 6.07) is 10.5. The molecule has 1 heterocycles. The van der Waals surface area contributed by atoms with Crippen molar-refractivity contribution in [2.75, 3.05) is 0 Å². The van der Waals surface area contributed by atoms with Gasteiger partial charge in [0.25, 0.3) is 0 Å². The topological polar surface area (TPSA) is 12.9 Å². The van der Waals surface area contributed by atoms with Crippen LogP contribution in [-0.2, 0) is 5.41 Å². The van der Waals surface area contributed by atoms with E-state index in [9.17, 15) is 0 Å². The van der Waals surface area contributed by atoms with Crippen LogP contribution in [0.4, 0.5) is 0 Å². The van der Waals surface area contributed by atoms with Crippen LogP contribution in [-0.4, -0.2) is 4.98 Å². The fourth-order valence-electron chi connectivity index (χ4n) is 1.76. The summed E-state index contributed by atoms with van der Waals surface area (Å²) in [7, 11) is 0. The third-order valence-electron chi connectivity index (χ3n) is 2.45. The van der Waals surface area contributed by atoms with Gasteiger partial charge in [-0.25, -0.2) is 0 Å². The molecule has 0 fully saturated rings. The van der Waals surface area contributed by atoms with E-state index in [1.807, 2.05) is 26.1 Å². The first-order chi connectivity index (χ1) is 7.59. The quantitative estimate of drug-likeness (QED) is 0.628. The summed E-state index contributed by atoms with van der Waals surface area (Å²) in [6.07, 6.45) is 1.84. The fourth-order valence-corrected chi connectivity index (χ4v) is 1.76. The number of benzene rings is 1. The Hall–Kier alpha value is -1.37. The van der Waals surface area contributed by atoms with Gasteiger partial charge in [0, 0.05) is 11.6 Å². The van der Waals surface area contributed by atoms with E-state index < -0.39 is 0 Å². The van der Waals surface area contributed by atoms with Gasteiger partial charge in [-0.2, -0.15) is 0 Å². The Labute approximate surface area is 98.5 Å². The summed E-state index contributed by atoms with van der Waals surface area (Å²) in [6.45, 7) is 10.7. The first kappa shape index (κ1) is 12.7. The summed E-state index contributed by atoms with van der Waals surface area (Å²) in [4.78, 5) is 4.36. The Morgan fingerprint density at radius 1 is 0.938 bits per heavy atom. The maximum atomic E-state index is 4.36. The van der Waals surface area contributed by atoms with Gasteiger partial charge >= 0.3 is 0 Å². The molecule has 0 radical (unpaired) electrons. The van der Waals surface area contributed by atoms with Gasteiger partial charge in [-0.15, -0.1) is 0 Å². The molecular weight excluding hydrogens is 194 g/mol. The minimum Gasteiger partial charge on any atom is -0.256 e. The Morgan fingerprint density at radius 2 is 1.62 bits per heavy atom. The molecule has 1 aromatic carbocycles. The normalized spacial score (nSPS) is 10.8. The van der Waals surface area contributed by atoms with E-state index in [0.717, 1.165) is 5.52 Å². The maximum Gasteiger partial charge on any atom is 0.0704 e. The monoisotopic (exact) mass is 215 g/mol. The third kappa shape index (κ3) is 2.60. The van der Waals surface area contributed by atoms with Crippen LogP contribution < -0.4 is 0 Å². The predicted molar refractivity (Wildman–Crippen MR) is 71.8 cm³/mol. The van der Waals surface area contributed by atoms with E-state index in [4.69, 9.17) is 0 Å². The standard InChI is InChI=1S/C13H15N.C2H6/c1-13(2,3)11-7-4-8-12-10(11)6-5-9-14-12;1-2/h4-9H,1-3H3;1-2H3. The second-order valence-corrected chi connectivity index (χ2v) is 4.63. The average Bonchev–Trinajstić information content (AvgIpc) is 2.30. The number of rotatable bonds is 0. The number of hydrogen-bond donors (Lipinski definition) is 0. The molecule has 1 heteroatoms. The van der Waals surface area contributed by atoms with Crippen molar-refractivity contribution in [3.05, 3.63) is 42.1 Å². The molecule has 16 heavy (non-hydrogen) atoms. The number of nitrogens with zero attached hydrogens (tertiary/aromatic N) is 1. The molecule has 0 aliphatic rings.